The molecule has 0 radical (unpaired) electrons. The smallest absolute Gasteiger partial charge is 0.289 e. The van der Waals surface area contributed by atoms with Crippen molar-refractivity contribution in [2.45, 2.75) is 25.4 Å². The molecule has 2 heterocycles. The van der Waals surface area contributed by atoms with E-state index in [4.69, 9.17) is 10.5 Å². The third-order valence-corrected chi connectivity index (χ3v) is 5.34. The van der Waals surface area contributed by atoms with E-state index in [2.05, 4.69) is 5.32 Å². The van der Waals surface area contributed by atoms with E-state index < -0.39 is 6.04 Å². The number of hydrogen-bond acceptors (Lipinski definition) is 6. The summed E-state index contributed by atoms with van der Waals surface area (Å²) in [5, 5.41) is 2.60. The van der Waals surface area contributed by atoms with Gasteiger partial charge >= 0.3 is 0 Å². The van der Waals surface area contributed by atoms with Crippen LogP contribution in [-0.2, 0) is 20.9 Å². The minimum absolute atomic E-state index is 0.137. The van der Waals surface area contributed by atoms with Crippen LogP contribution in [0.3, 0.4) is 0 Å². The molecule has 2 aliphatic heterocycles. The largest absolute Gasteiger partial charge is 0.381 e. The van der Waals surface area contributed by atoms with Crippen molar-refractivity contribution in [1.29, 1.82) is 0 Å². The van der Waals surface area contributed by atoms with Crippen LogP contribution in [-0.4, -0.2) is 47.0 Å². The summed E-state index contributed by atoms with van der Waals surface area (Å²) >= 11 is 1.02. The lowest BCUT2D eigenvalue weighted by Gasteiger charge is -2.26. The van der Waals surface area contributed by atoms with Crippen LogP contribution in [0.1, 0.15) is 18.4 Å². The molecule has 134 valence electrons. The third-order valence-electron chi connectivity index (χ3n) is 4.48. The van der Waals surface area contributed by atoms with Gasteiger partial charge in [0.15, 0.2) is 0 Å². The SMILES string of the molecule is NC(C(=O)Nc1ccc(CN2C(=O)CSC2=O)cc1)C1CCOCC1. The number of carbonyl (C=O) groups is 3. The van der Waals surface area contributed by atoms with Crippen LogP contribution in [0, 0.1) is 5.92 Å². The van der Waals surface area contributed by atoms with Crippen molar-refractivity contribution in [3.63, 3.8) is 0 Å². The first-order chi connectivity index (χ1) is 12.0. The van der Waals surface area contributed by atoms with Crippen LogP contribution in [0.5, 0.6) is 0 Å². The van der Waals surface area contributed by atoms with E-state index in [1.165, 1.54) is 4.90 Å². The molecule has 1 aromatic carbocycles. The molecule has 0 aliphatic carbocycles. The van der Waals surface area contributed by atoms with Crippen LogP contribution in [0.25, 0.3) is 0 Å². The Bertz CT molecular complexity index is 642. The van der Waals surface area contributed by atoms with Crippen LogP contribution in [0.15, 0.2) is 24.3 Å². The number of hydrogen-bond donors (Lipinski definition) is 2. The summed E-state index contributed by atoms with van der Waals surface area (Å²) in [4.78, 5) is 36.8. The molecule has 25 heavy (non-hydrogen) atoms. The van der Waals surface area contributed by atoms with Gasteiger partial charge in [0.1, 0.15) is 0 Å². The summed E-state index contributed by atoms with van der Waals surface area (Å²) < 4.78 is 5.29. The lowest BCUT2D eigenvalue weighted by atomic mass is 9.92. The standard InChI is InChI=1S/C17H21N3O4S/c18-15(12-5-7-24-8-6-12)16(22)19-13-3-1-11(2-4-13)9-20-14(21)10-25-17(20)23/h1-4,12,15H,5-10,18H2,(H,19,22). The summed E-state index contributed by atoms with van der Waals surface area (Å²) in [6.07, 6.45) is 1.59. The second-order valence-electron chi connectivity index (χ2n) is 6.20. The predicted octanol–water partition coefficient (Wildman–Crippen LogP) is 1.57. The van der Waals surface area contributed by atoms with Gasteiger partial charge in [0.2, 0.25) is 11.8 Å². The summed E-state index contributed by atoms with van der Waals surface area (Å²) in [5.74, 6) is -0.0367. The van der Waals surface area contributed by atoms with Gasteiger partial charge in [0.05, 0.1) is 18.3 Å². The third kappa shape index (κ3) is 4.39. The number of thioether (sulfide) groups is 1. The molecule has 2 aliphatic rings. The molecule has 7 nitrogen and oxygen atoms in total. The van der Waals surface area contributed by atoms with Gasteiger partial charge < -0.3 is 15.8 Å². The second kappa shape index (κ2) is 7.99. The van der Waals surface area contributed by atoms with Gasteiger partial charge in [-0.3, -0.25) is 19.3 Å². The Morgan fingerprint density at radius 3 is 2.56 bits per heavy atom. The summed E-state index contributed by atoms with van der Waals surface area (Å²) in [5.41, 5.74) is 7.53. The first-order valence-corrected chi connectivity index (χ1v) is 9.23. The molecule has 3 amide bonds. The van der Waals surface area contributed by atoms with Crippen molar-refractivity contribution in [2.75, 3.05) is 24.3 Å². The van der Waals surface area contributed by atoms with E-state index in [1.54, 1.807) is 24.3 Å². The van der Waals surface area contributed by atoms with Crippen LogP contribution < -0.4 is 11.1 Å². The molecule has 0 saturated carbocycles. The molecule has 2 fully saturated rings. The zero-order valence-electron chi connectivity index (χ0n) is 13.8. The van der Waals surface area contributed by atoms with Crippen molar-refractivity contribution in [2.24, 2.45) is 11.7 Å². The number of nitrogens with one attached hydrogen (secondary N) is 1. The van der Waals surface area contributed by atoms with E-state index in [9.17, 15) is 14.4 Å². The number of nitrogens with two attached hydrogens (primary N) is 1. The van der Waals surface area contributed by atoms with Crippen LogP contribution in [0.4, 0.5) is 10.5 Å². The molecule has 3 rings (SSSR count). The molecule has 1 unspecified atom stereocenters. The Morgan fingerprint density at radius 2 is 1.96 bits per heavy atom. The van der Waals surface area contributed by atoms with Gasteiger partial charge in [0, 0.05) is 18.9 Å². The molecule has 2 saturated heterocycles. The van der Waals surface area contributed by atoms with Crippen molar-refractivity contribution in [3.05, 3.63) is 29.8 Å². The van der Waals surface area contributed by atoms with Crippen molar-refractivity contribution < 1.29 is 19.1 Å². The summed E-state index contributed by atoms with van der Waals surface area (Å²) in [6.45, 7) is 1.54. The highest BCUT2D eigenvalue weighted by Crippen LogP contribution is 2.22. The fourth-order valence-electron chi connectivity index (χ4n) is 2.92. The molecular formula is C17H21N3O4S. The van der Waals surface area contributed by atoms with Crippen molar-refractivity contribution in [1.82, 2.24) is 4.90 Å². The first kappa shape index (κ1) is 17.9. The van der Waals surface area contributed by atoms with Gasteiger partial charge in [-0.25, -0.2) is 0 Å². The molecular weight excluding hydrogens is 342 g/mol. The maximum atomic E-state index is 12.3. The first-order valence-electron chi connectivity index (χ1n) is 8.25. The van der Waals surface area contributed by atoms with Crippen LogP contribution >= 0.6 is 11.8 Å². The Balaban J connectivity index is 1.56. The minimum atomic E-state index is -0.555. The summed E-state index contributed by atoms with van der Waals surface area (Å²) in [7, 11) is 0. The molecule has 0 aromatic heterocycles. The maximum absolute atomic E-state index is 12.3. The maximum Gasteiger partial charge on any atom is 0.289 e. The Labute approximate surface area is 150 Å². The van der Waals surface area contributed by atoms with E-state index >= 15 is 0 Å². The number of nitrogens with zero attached hydrogens (tertiary/aromatic N) is 1. The zero-order chi connectivity index (χ0) is 17.8. The van der Waals surface area contributed by atoms with E-state index in [-0.39, 0.29) is 35.3 Å². The highest BCUT2D eigenvalue weighted by atomic mass is 32.2. The zero-order valence-corrected chi connectivity index (χ0v) is 14.6. The topological polar surface area (TPSA) is 102 Å². The number of benzene rings is 1. The average molecular weight is 363 g/mol. The lowest BCUT2D eigenvalue weighted by molar-refractivity contribution is -0.125. The van der Waals surface area contributed by atoms with E-state index in [0.29, 0.717) is 18.9 Å². The Kier molecular flexibility index (Phi) is 5.72. The number of imide groups is 1. The van der Waals surface area contributed by atoms with Crippen molar-refractivity contribution >= 4 is 34.5 Å². The Morgan fingerprint density at radius 1 is 1.28 bits per heavy atom. The van der Waals surface area contributed by atoms with Gasteiger partial charge in [0.25, 0.3) is 5.24 Å². The van der Waals surface area contributed by atoms with E-state index in [0.717, 1.165) is 30.2 Å². The molecule has 0 spiro atoms. The van der Waals surface area contributed by atoms with E-state index in [1.807, 2.05) is 0 Å². The normalized spacial score (nSPS) is 20.0. The molecule has 3 N–H and O–H groups in total. The number of rotatable bonds is 5. The predicted molar refractivity (Wildman–Crippen MR) is 95.0 cm³/mol. The van der Waals surface area contributed by atoms with Crippen LogP contribution in [0.2, 0.25) is 0 Å². The average Bonchev–Trinajstić information content (AvgIpc) is 2.95. The quantitative estimate of drug-likeness (QED) is 0.823. The number of anilines is 1. The fourth-order valence-corrected chi connectivity index (χ4v) is 3.65. The number of amides is 3. The van der Waals surface area contributed by atoms with Gasteiger partial charge in [-0.1, -0.05) is 23.9 Å². The van der Waals surface area contributed by atoms with Crippen molar-refractivity contribution in [3.8, 4) is 0 Å². The van der Waals surface area contributed by atoms with Gasteiger partial charge in [-0.2, -0.15) is 0 Å². The summed E-state index contributed by atoms with van der Waals surface area (Å²) in [6, 6.07) is 6.53. The molecule has 8 heteroatoms. The molecule has 0 bridgehead atoms. The Hall–Kier alpha value is -1.90. The number of carbonyl (C=O) groups excluding carboxylic acids is 3. The highest BCUT2D eigenvalue weighted by Gasteiger charge is 2.30. The minimum Gasteiger partial charge on any atom is -0.381 e. The molecule has 1 atom stereocenters. The second-order valence-corrected chi connectivity index (χ2v) is 7.12. The molecule has 1 aromatic rings. The lowest BCUT2D eigenvalue weighted by Crippen LogP contribution is -2.44. The van der Waals surface area contributed by atoms with Gasteiger partial charge in [-0.05, 0) is 36.5 Å². The van der Waals surface area contributed by atoms with Gasteiger partial charge in [-0.15, -0.1) is 0 Å². The highest BCUT2D eigenvalue weighted by molar-refractivity contribution is 8.14. The fraction of sp³-hybridized carbons (Fsp3) is 0.471. The number of ether oxygens (including phenoxy) is 1. The monoisotopic (exact) mass is 363 g/mol.